The second kappa shape index (κ2) is 8.51. The topological polar surface area (TPSA) is 55.6 Å². The van der Waals surface area contributed by atoms with Gasteiger partial charge in [-0.05, 0) is 44.0 Å². The van der Waals surface area contributed by atoms with E-state index in [-0.39, 0.29) is 18.3 Å². The molecule has 0 bridgehead atoms. The van der Waals surface area contributed by atoms with Crippen LogP contribution in [0.25, 0.3) is 0 Å². The predicted molar refractivity (Wildman–Crippen MR) is 89.3 cm³/mol. The standard InChI is InChI=1S/C15H22N2O2S.ClH/c1-11-6-12(8-16)9-17(11)15(18)10-20-14-5-3-4-13(7-14)19-2;/h3-5,7,11-12H,6,8-10,16H2,1-2H3;1H. The Morgan fingerprint density at radius 3 is 2.90 bits per heavy atom. The average Bonchev–Trinajstić information content (AvgIpc) is 2.86. The SMILES string of the molecule is COc1cccc(SCC(=O)N2CC(CN)CC2C)c1.Cl. The third-order valence-electron chi connectivity index (χ3n) is 3.72. The fourth-order valence-corrected chi connectivity index (χ4v) is 3.41. The molecule has 1 amide bonds. The zero-order chi connectivity index (χ0) is 14.5. The lowest BCUT2D eigenvalue weighted by Crippen LogP contribution is -2.35. The van der Waals surface area contributed by atoms with Crippen LogP contribution in [-0.4, -0.2) is 42.8 Å². The van der Waals surface area contributed by atoms with Crippen molar-refractivity contribution in [1.82, 2.24) is 4.90 Å². The third-order valence-corrected chi connectivity index (χ3v) is 4.70. The van der Waals surface area contributed by atoms with Gasteiger partial charge in [-0.3, -0.25) is 4.79 Å². The number of amides is 1. The van der Waals surface area contributed by atoms with Crippen LogP contribution in [0.4, 0.5) is 0 Å². The number of halogens is 1. The lowest BCUT2D eigenvalue weighted by atomic mass is 10.1. The van der Waals surface area contributed by atoms with Crippen LogP contribution in [0.15, 0.2) is 29.2 Å². The highest BCUT2D eigenvalue weighted by molar-refractivity contribution is 8.00. The molecule has 21 heavy (non-hydrogen) atoms. The van der Waals surface area contributed by atoms with Crippen molar-refractivity contribution in [3.05, 3.63) is 24.3 Å². The number of hydrogen-bond acceptors (Lipinski definition) is 4. The van der Waals surface area contributed by atoms with Gasteiger partial charge in [-0.15, -0.1) is 24.2 Å². The van der Waals surface area contributed by atoms with Crippen molar-refractivity contribution in [2.45, 2.75) is 24.3 Å². The first-order chi connectivity index (χ1) is 9.63. The molecule has 0 saturated carbocycles. The van der Waals surface area contributed by atoms with Crippen LogP contribution in [0.1, 0.15) is 13.3 Å². The summed E-state index contributed by atoms with van der Waals surface area (Å²) in [4.78, 5) is 15.3. The molecule has 0 spiro atoms. The molecule has 2 rings (SSSR count). The number of likely N-dealkylation sites (tertiary alicyclic amines) is 1. The van der Waals surface area contributed by atoms with Crippen molar-refractivity contribution in [2.75, 3.05) is 26.0 Å². The van der Waals surface area contributed by atoms with Gasteiger partial charge in [0.25, 0.3) is 0 Å². The molecule has 0 radical (unpaired) electrons. The Balaban J connectivity index is 0.00000220. The van der Waals surface area contributed by atoms with E-state index in [0.717, 1.165) is 23.6 Å². The Labute approximate surface area is 136 Å². The highest BCUT2D eigenvalue weighted by atomic mass is 35.5. The number of nitrogens with two attached hydrogens (primary N) is 1. The highest BCUT2D eigenvalue weighted by Crippen LogP contribution is 2.26. The highest BCUT2D eigenvalue weighted by Gasteiger charge is 2.31. The summed E-state index contributed by atoms with van der Waals surface area (Å²) in [6, 6.07) is 8.10. The Morgan fingerprint density at radius 1 is 1.52 bits per heavy atom. The summed E-state index contributed by atoms with van der Waals surface area (Å²) in [7, 11) is 1.65. The van der Waals surface area contributed by atoms with E-state index in [1.54, 1.807) is 18.9 Å². The Bertz CT molecular complexity index is 473. The van der Waals surface area contributed by atoms with Gasteiger partial charge in [0.2, 0.25) is 5.91 Å². The van der Waals surface area contributed by atoms with Crippen molar-refractivity contribution in [3.8, 4) is 5.75 Å². The molecule has 118 valence electrons. The van der Waals surface area contributed by atoms with E-state index in [2.05, 4.69) is 6.92 Å². The van der Waals surface area contributed by atoms with Crippen LogP contribution in [0.5, 0.6) is 5.75 Å². The molecule has 1 aliphatic heterocycles. The van der Waals surface area contributed by atoms with E-state index >= 15 is 0 Å². The van der Waals surface area contributed by atoms with Gasteiger partial charge in [0, 0.05) is 17.5 Å². The molecule has 1 aliphatic rings. The van der Waals surface area contributed by atoms with Gasteiger partial charge in [-0.2, -0.15) is 0 Å². The Morgan fingerprint density at radius 2 is 2.29 bits per heavy atom. The number of carbonyl (C=O) groups excluding carboxylic acids is 1. The normalized spacial score (nSPS) is 21.0. The third kappa shape index (κ3) is 4.80. The Kier molecular flexibility index (Phi) is 7.35. The molecule has 0 aromatic heterocycles. The fraction of sp³-hybridized carbons (Fsp3) is 0.533. The zero-order valence-corrected chi connectivity index (χ0v) is 14.1. The molecule has 2 atom stereocenters. The van der Waals surface area contributed by atoms with E-state index in [4.69, 9.17) is 10.5 Å². The molecular formula is C15H23ClN2O2S. The maximum absolute atomic E-state index is 12.3. The largest absolute Gasteiger partial charge is 0.497 e. The number of ether oxygens (including phenoxy) is 1. The van der Waals surface area contributed by atoms with Crippen molar-refractivity contribution in [2.24, 2.45) is 11.7 Å². The van der Waals surface area contributed by atoms with Crippen molar-refractivity contribution in [1.29, 1.82) is 0 Å². The minimum absolute atomic E-state index is 0. The second-order valence-electron chi connectivity index (χ2n) is 5.20. The number of benzene rings is 1. The quantitative estimate of drug-likeness (QED) is 0.842. The molecule has 1 heterocycles. The summed E-state index contributed by atoms with van der Waals surface area (Å²) in [6.45, 7) is 3.57. The smallest absolute Gasteiger partial charge is 0.233 e. The van der Waals surface area contributed by atoms with Gasteiger partial charge in [0.15, 0.2) is 0 Å². The summed E-state index contributed by atoms with van der Waals surface area (Å²) in [5.74, 6) is 1.94. The van der Waals surface area contributed by atoms with Crippen LogP contribution < -0.4 is 10.5 Å². The summed E-state index contributed by atoms with van der Waals surface area (Å²) in [5, 5.41) is 0. The molecular weight excluding hydrogens is 308 g/mol. The van der Waals surface area contributed by atoms with Gasteiger partial charge in [0.05, 0.1) is 12.9 Å². The molecule has 1 aromatic rings. The van der Waals surface area contributed by atoms with E-state index in [0.29, 0.717) is 24.3 Å². The Hall–Kier alpha value is -0.910. The predicted octanol–water partition coefficient (Wildman–Crippen LogP) is 2.40. The number of rotatable bonds is 5. The lowest BCUT2D eigenvalue weighted by molar-refractivity contribution is -0.128. The van der Waals surface area contributed by atoms with E-state index in [1.165, 1.54) is 0 Å². The van der Waals surface area contributed by atoms with Crippen LogP contribution in [0.3, 0.4) is 0 Å². The minimum atomic E-state index is 0. The summed E-state index contributed by atoms with van der Waals surface area (Å²) in [5.41, 5.74) is 5.70. The number of methoxy groups -OCH3 is 1. The van der Waals surface area contributed by atoms with Gasteiger partial charge < -0.3 is 15.4 Å². The number of thioether (sulfide) groups is 1. The molecule has 2 N–H and O–H groups in total. The van der Waals surface area contributed by atoms with Crippen LogP contribution >= 0.6 is 24.2 Å². The van der Waals surface area contributed by atoms with Crippen LogP contribution in [-0.2, 0) is 4.79 Å². The molecule has 1 aromatic carbocycles. The molecule has 1 saturated heterocycles. The first-order valence-corrected chi connectivity index (χ1v) is 7.89. The number of nitrogens with zero attached hydrogens (tertiary/aromatic N) is 1. The average molecular weight is 331 g/mol. The number of hydrogen-bond donors (Lipinski definition) is 1. The zero-order valence-electron chi connectivity index (χ0n) is 12.5. The molecule has 6 heteroatoms. The van der Waals surface area contributed by atoms with Gasteiger partial charge in [0.1, 0.15) is 5.75 Å². The maximum Gasteiger partial charge on any atom is 0.233 e. The van der Waals surface area contributed by atoms with Crippen LogP contribution in [0.2, 0.25) is 0 Å². The van der Waals surface area contributed by atoms with E-state index < -0.39 is 0 Å². The van der Waals surface area contributed by atoms with Crippen molar-refractivity contribution < 1.29 is 9.53 Å². The fourth-order valence-electron chi connectivity index (χ4n) is 2.58. The summed E-state index contributed by atoms with van der Waals surface area (Å²) in [6.07, 6.45) is 1.02. The summed E-state index contributed by atoms with van der Waals surface area (Å²) < 4.78 is 5.18. The molecule has 0 aliphatic carbocycles. The first-order valence-electron chi connectivity index (χ1n) is 6.90. The van der Waals surface area contributed by atoms with Crippen molar-refractivity contribution >= 4 is 30.1 Å². The first kappa shape index (κ1) is 18.1. The lowest BCUT2D eigenvalue weighted by Gasteiger charge is -2.21. The van der Waals surface area contributed by atoms with E-state index in [1.807, 2.05) is 29.2 Å². The maximum atomic E-state index is 12.3. The summed E-state index contributed by atoms with van der Waals surface area (Å²) >= 11 is 1.55. The molecule has 2 unspecified atom stereocenters. The van der Waals surface area contributed by atoms with Gasteiger partial charge in [-0.25, -0.2) is 0 Å². The van der Waals surface area contributed by atoms with Crippen molar-refractivity contribution in [3.63, 3.8) is 0 Å². The minimum Gasteiger partial charge on any atom is -0.497 e. The van der Waals surface area contributed by atoms with Gasteiger partial charge in [-0.1, -0.05) is 6.07 Å². The van der Waals surface area contributed by atoms with E-state index in [9.17, 15) is 4.79 Å². The van der Waals surface area contributed by atoms with Crippen LogP contribution in [0, 0.1) is 5.92 Å². The van der Waals surface area contributed by atoms with Gasteiger partial charge >= 0.3 is 0 Å². The number of carbonyl (C=O) groups is 1. The second-order valence-corrected chi connectivity index (χ2v) is 6.25. The monoisotopic (exact) mass is 330 g/mol. The molecule has 4 nitrogen and oxygen atoms in total. The molecule has 1 fully saturated rings.